The van der Waals surface area contributed by atoms with Crippen molar-refractivity contribution < 1.29 is 12.8 Å². The lowest BCUT2D eigenvalue weighted by Crippen LogP contribution is -2.38. The van der Waals surface area contributed by atoms with Gasteiger partial charge in [-0.2, -0.15) is 0 Å². The highest BCUT2D eigenvalue weighted by Gasteiger charge is 2.35. The number of thiophene rings is 1. The number of nitrogens with one attached hydrogen (secondary N) is 1. The molecule has 1 N–H and O–H groups in total. The lowest BCUT2D eigenvalue weighted by Gasteiger charge is -2.20. The molecule has 0 fully saturated rings. The van der Waals surface area contributed by atoms with Crippen LogP contribution in [0.25, 0.3) is 5.70 Å². The van der Waals surface area contributed by atoms with E-state index in [1.165, 1.54) is 11.3 Å². The predicted octanol–water partition coefficient (Wildman–Crippen LogP) is 2.86. The number of furan rings is 1. The third-order valence-corrected chi connectivity index (χ3v) is 4.98. The largest absolute Gasteiger partial charge is 0.448 e. The molecular weight excluding hydrogens is 320 g/mol. The van der Waals surface area contributed by atoms with Crippen LogP contribution in [0.3, 0.4) is 0 Å². The van der Waals surface area contributed by atoms with Gasteiger partial charge in [-0.3, -0.25) is 0 Å². The Hall–Kier alpha value is -1.28. The molecule has 2 aromatic rings. The van der Waals surface area contributed by atoms with Gasteiger partial charge in [0.25, 0.3) is 0 Å². The second kappa shape index (κ2) is 4.92. The molecule has 8 heteroatoms. The monoisotopic (exact) mass is 330 g/mol. The molecule has 0 bridgehead atoms. The summed E-state index contributed by atoms with van der Waals surface area (Å²) in [6.07, 6.45) is 2.95. The second-order valence-electron chi connectivity index (χ2n) is 4.31. The molecule has 2 aromatic heterocycles. The Balaban J connectivity index is 2.02. The Kier molecular flexibility index (Phi) is 3.37. The number of hydrogen-bond acceptors (Lipinski definition) is 5. The normalized spacial score (nSPS) is 19.9. The van der Waals surface area contributed by atoms with Crippen molar-refractivity contribution in [1.82, 2.24) is 9.84 Å². The summed E-state index contributed by atoms with van der Waals surface area (Å²) in [6, 6.07) is 6.54. The van der Waals surface area contributed by atoms with Gasteiger partial charge >= 0.3 is 0 Å². The fourth-order valence-electron chi connectivity index (χ4n) is 1.99. The average molecular weight is 331 g/mol. The number of hydrazine groups is 1. The zero-order valence-corrected chi connectivity index (χ0v) is 12.8. The lowest BCUT2D eigenvalue weighted by atomic mass is 10.2. The van der Waals surface area contributed by atoms with Crippen molar-refractivity contribution in [2.75, 3.05) is 6.26 Å². The van der Waals surface area contributed by atoms with E-state index in [9.17, 15) is 8.42 Å². The summed E-state index contributed by atoms with van der Waals surface area (Å²) in [5.74, 6) is 0.472. The Morgan fingerprint density at radius 1 is 1.40 bits per heavy atom. The first kappa shape index (κ1) is 13.7. The summed E-state index contributed by atoms with van der Waals surface area (Å²) in [4.78, 5) is 0.957. The average Bonchev–Trinajstić information content (AvgIpc) is 3.06. The van der Waals surface area contributed by atoms with Crippen molar-refractivity contribution in [3.05, 3.63) is 51.6 Å². The fourth-order valence-corrected chi connectivity index (χ4v) is 3.69. The molecule has 0 aromatic carbocycles. The molecule has 0 amide bonds. The highest BCUT2D eigenvalue weighted by molar-refractivity contribution is 7.88. The van der Waals surface area contributed by atoms with Gasteiger partial charge in [-0.15, -0.1) is 15.8 Å². The molecule has 0 radical (unpaired) electrons. The van der Waals surface area contributed by atoms with E-state index in [1.807, 2.05) is 23.6 Å². The van der Waals surface area contributed by atoms with E-state index in [0.717, 1.165) is 21.2 Å². The van der Waals surface area contributed by atoms with Crippen LogP contribution >= 0.6 is 22.9 Å². The molecular formula is C12H11ClN2O3S2. The minimum Gasteiger partial charge on any atom is -0.448 e. The van der Waals surface area contributed by atoms with Crippen molar-refractivity contribution >= 4 is 38.7 Å². The molecule has 3 heterocycles. The van der Waals surface area contributed by atoms with Crippen molar-refractivity contribution in [3.63, 3.8) is 0 Å². The number of halogens is 1. The Labute approximate surface area is 125 Å². The first-order chi connectivity index (χ1) is 9.45. The van der Waals surface area contributed by atoms with E-state index in [4.69, 9.17) is 16.0 Å². The predicted molar refractivity (Wildman–Crippen MR) is 78.6 cm³/mol. The van der Waals surface area contributed by atoms with Crippen molar-refractivity contribution in [2.45, 2.75) is 6.04 Å². The van der Waals surface area contributed by atoms with Crippen LogP contribution in [0, 0.1) is 0 Å². The summed E-state index contributed by atoms with van der Waals surface area (Å²) >= 11 is 7.29. The smallest absolute Gasteiger partial charge is 0.228 e. The third kappa shape index (κ3) is 2.49. The highest BCUT2D eigenvalue weighted by Crippen LogP contribution is 2.35. The molecule has 0 saturated carbocycles. The van der Waals surface area contributed by atoms with Crippen LogP contribution in [-0.2, 0) is 10.0 Å². The maximum absolute atomic E-state index is 11.9. The Bertz CT molecular complexity index is 750. The third-order valence-electron chi connectivity index (χ3n) is 2.84. The van der Waals surface area contributed by atoms with Crippen LogP contribution in [0.5, 0.6) is 0 Å². The first-order valence-corrected chi connectivity index (χ1v) is 8.83. The minimum atomic E-state index is -3.44. The van der Waals surface area contributed by atoms with Gasteiger partial charge in [0, 0.05) is 0 Å². The number of sulfonamides is 1. The van der Waals surface area contributed by atoms with Gasteiger partial charge in [0.2, 0.25) is 10.0 Å². The summed E-state index contributed by atoms with van der Waals surface area (Å²) < 4.78 is 30.3. The first-order valence-electron chi connectivity index (χ1n) is 5.72. The van der Waals surface area contributed by atoms with Gasteiger partial charge in [-0.1, -0.05) is 6.07 Å². The molecule has 0 spiro atoms. The van der Waals surface area contributed by atoms with Gasteiger partial charge in [-0.05, 0) is 41.3 Å². The number of nitrogens with zero attached hydrogens (tertiary/aromatic N) is 1. The van der Waals surface area contributed by atoms with Crippen molar-refractivity contribution in [3.8, 4) is 0 Å². The minimum absolute atomic E-state index is 0.228. The molecule has 20 heavy (non-hydrogen) atoms. The molecule has 5 nitrogen and oxygen atoms in total. The Morgan fingerprint density at radius 3 is 2.75 bits per heavy atom. The van der Waals surface area contributed by atoms with Crippen LogP contribution < -0.4 is 5.43 Å². The van der Waals surface area contributed by atoms with Crippen LogP contribution in [0.2, 0.25) is 5.22 Å². The van der Waals surface area contributed by atoms with Gasteiger partial charge < -0.3 is 9.84 Å². The molecule has 1 atom stereocenters. The van der Waals surface area contributed by atoms with Crippen LogP contribution in [0.4, 0.5) is 0 Å². The SMILES string of the molecule is CS(=O)(=O)N1NC(c2cccs2)=C[C@@H]1c1ccc(Cl)o1. The standard InChI is InChI=1S/C12H11ClN2O3S2/c1-20(16,17)15-9(10-4-5-12(13)18-10)7-8(14-15)11-3-2-6-19-11/h2-7,9,14H,1H3/t9-/m1/s1. The highest BCUT2D eigenvalue weighted by atomic mass is 35.5. The van der Waals surface area contributed by atoms with E-state index in [0.29, 0.717) is 5.76 Å². The summed E-state index contributed by atoms with van der Waals surface area (Å²) in [5.41, 5.74) is 3.64. The van der Waals surface area contributed by atoms with Gasteiger partial charge in [-0.25, -0.2) is 8.42 Å². The topological polar surface area (TPSA) is 62.6 Å². The van der Waals surface area contributed by atoms with Crippen molar-refractivity contribution in [1.29, 1.82) is 0 Å². The number of rotatable bonds is 3. The quantitative estimate of drug-likeness (QED) is 0.940. The molecule has 3 rings (SSSR count). The van der Waals surface area contributed by atoms with Gasteiger partial charge in [0.1, 0.15) is 11.8 Å². The summed E-state index contributed by atoms with van der Waals surface area (Å²) in [6.45, 7) is 0. The van der Waals surface area contributed by atoms with E-state index in [-0.39, 0.29) is 5.22 Å². The van der Waals surface area contributed by atoms with E-state index in [2.05, 4.69) is 5.43 Å². The lowest BCUT2D eigenvalue weighted by molar-refractivity contribution is 0.312. The molecule has 1 aliphatic heterocycles. The van der Waals surface area contributed by atoms with E-state index in [1.54, 1.807) is 12.1 Å². The van der Waals surface area contributed by atoms with E-state index >= 15 is 0 Å². The van der Waals surface area contributed by atoms with Crippen LogP contribution in [0.15, 0.2) is 40.1 Å². The second-order valence-corrected chi connectivity index (χ2v) is 7.49. The molecule has 0 aliphatic carbocycles. The van der Waals surface area contributed by atoms with Gasteiger partial charge in [0.05, 0.1) is 16.8 Å². The zero-order valence-electron chi connectivity index (χ0n) is 10.4. The van der Waals surface area contributed by atoms with Gasteiger partial charge in [0.15, 0.2) is 5.22 Å². The summed E-state index contributed by atoms with van der Waals surface area (Å²) in [5, 5.41) is 2.16. The Morgan fingerprint density at radius 2 is 2.20 bits per heavy atom. The van der Waals surface area contributed by atoms with Crippen molar-refractivity contribution in [2.24, 2.45) is 0 Å². The van der Waals surface area contributed by atoms with Crippen LogP contribution in [-0.4, -0.2) is 19.1 Å². The van der Waals surface area contributed by atoms with Crippen LogP contribution in [0.1, 0.15) is 16.7 Å². The maximum atomic E-state index is 11.9. The molecule has 0 saturated heterocycles. The maximum Gasteiger partial charge on any atom is 0.228 e. The van der Waals surface area contributed by atoms with E-state index < -0.39 is 16.1 Å². The summed E-state index contributed by atoms with van der Waals surface area (Å²) in [7, 11) is -3.44. The molecule has 106 valence electrons. The molecule has 1 aliphatic rings. The fraction of sp³-hybridized carbons (Fsp3) is 0.167. The molecule has 0 unspecified atom stereocenters. The zero-order chi connectivity index (χ0) is 14.3. The number of hydrogen-bond donors (Lipinski definition) is 1.